The van der Waals surface area contributed by atoms with Crippen LogP contribution in [-0.2, 0) is 5.41 Å². The lowest BCUT2D eigenvalue weighted by molar-refractivity contribution is 0.523. The second-order valence-electron chi connectivity index (χ2n) is 6.04. The van der Waals surface area contributed by atoms with Crippen LogP contribution in [-0.4, -0.2) is 4.98 Å². The third-order valence-electron chi connectivity index (χ3n) is 4.91. The molecule has 0 spiro atoms. The first-order valence-electron chi connectivity index (χ1n) is 7.80. The maximum atomic E-state index is 4.84. The van der Waals surface area contributed by atoms with Gasteiger partial charge in [-0.2, -0.15) is 0 Å². The predicted molar refractivity (Wildman–Crippen MR) is 87.4 cm³/mol. The molecule has 1 heterocycles. The van der Waals surface area contributed by atoms with Crippen LogP contribution in [0.1, 0.15) is 36.9 Å². The summed E-state index contributed by atoms with van der Waals surface area (Å²) < 4.78 is 0. The number of pyridine rings is 1. The molecule has 1 aliphatic carbocycles. The Labute approximate surface area is 125 Å². The fourth-order valence-electron chi connectivity index (χ4n) is 3.90. The first-order chi connectivity index (χ1) is 10.4. The van der Waals surface area contributed by atoms with Crippen LogP contribution in [0.3, 0.4) is 0 Å². The van der Waals surface area contributed by atoms with E-state index in [0.717, 1.165) is 0 Å². The van der Waals surface area contributed by atoms with E-state index in [-0.39, 0.29) is 5.41 Å². The van der Waals surface area contributed by atoms with Gasteiger partial charge in [0.25, 0.3) is 0 Å². The van der Waals surface area contributed by atoms with E-state index in [4.69, 9.17) is 4.98 Å². The van der Waals surface area contributed by atoms with Crippen molar-refractivity contribution in [2.24, 2.45) is 0 Å². The van der Waals surface area contributed by atoms with Gasteiger partial charge in [-0.15, -0.1) is 0 Å². The Bertz CT molecular complexity index is 750. The van der Waals surface area contributed by atoms with E-state index in [1.165, 1.54) is 47.7 Å². The summed E-state index contributed by atoms with van der Waals surface area (Å²) in [5.74, 6) is 0. The van der Waals surface area contributed by atoms with E-state index >= 15 is 0 Å². The summed E-state index contributed by atoms with van der Waals surface area (Å²) in [4.78, 5) is 4.84. The Kier molecular flexibility index (Phi) is 2.99. The number of rotatable bonds is 2. The maximum absolute atomic E-state index is 4.84. The van der Waals surface area contributed by atoms with Crippen molar-refractivity contribution >= 4 is 10.8 Å². The van der Waals surface area contributed by atoms with Gasteiger partial charge < -0.3 is 0 Å². The normalized spacial score (nSPS) is 17.1. The zero-order valence-electron chi connectivity index (χ0n) is 12.1. The Balaban J connectivity index is 1.99. The predicted octanol–water partition coefficient (Wildman–Crippen LogP) is 5.09. The Morgan fingerprint density at radius 3 is 2.29 bits per heavy atom. The third-order valence-corrected chi connectivity index (χ3v) is 4.91. The lowest BCUT2D eigenvalue weighted by Gasteiger charge is -2.30. The van der Waals surface area contributed by atoms with E-state index in [9.17, 15) is 0 Å². The smallest absolute Gasteiger partial charge is 0.0587 e. The molecule has 0 N–H and O–H groups in total. The molecule has 0 saturated heterocycles. The van der Waals surface area contributed by atoms with Crippen molar-refractivity contribution in [1.82, 2.24) is 4.98 Å². The van der Waals surface area contributed by atoms with Crippen LogP contribution in [0.2, 0.25) is 0 Å². The van der Waals surface area contributed by atoms with Crippen LogP contribution < -0.4 is 0 Å². The van der Waals surface area contributed by atoms with Gasteiger partial charge in [0.2, 0.25) is 0 Å². The van der Waals surface area contributed by atoms with Gasteiger partial charge >= 0.3 is 0 Å². The second kappa shape index (κ2) is 5.00. The molecule has 0 aliphatic heterocycles. The van der Waals surface area contributed by atoms with Crippen LogP contribution in [0.5, 0.6) is 0 Å². The van der Waals surface area contributed by atoms with Gasteiger partial charge in [0.15, 0.2) is 0 Å². The zero-order valence-corrected chi connectivity index (χ0v) is 12.1. The van der Waals surface area contributed by atoms with Gasteiger partial charge in [0.1, 0.15) is 0 Å². The second-order valence-corrected chi connectivity index (χ2v) is 6.04. The zero-order chi connectivity index (χ0) is 14.1. The van der Waals surface area contributed by atoms with Crippen LogP contribution >= 0.6 is 0 Å². The number of hydrogen-bond acceptors (Lipinski definition) is 1. The molecule has 3 aromatic rings. The average molecular weight is 273 g/mol. The van der Waals surface area contributed by atoms with Crippen molar-refractivity contribution in [3.63, 3.8) is 0 Å². The largest absolute Gasteiger partial charge is 0.260 e. The molecule has 4 rings (SSSR count). The minimum atomic E-state index is 0.0993. The standard InChI is InChI=1S/C20H19N/c1-2-9-17(10-3-1)20(13-6-7-14-20)19-18-11-5-4-8-16(18)12-15-21-19/h1-5,8-12,15H,6-7,13-14H2. The fourth-order valence-corrected chi connectivity index (χ4v) is 3.90. The molecule has 1 aliphatic rings. The van der Waals surface area contributed by atoms with E-state index in [1.807, 2.05) is 6.20 Å². The number of fused-ring (bicyclic) bond motifs is 1. The molecular weight excluding hydrogens is 254 g/mol. The molecule has 1 fully saturated rings. The highest BCUT2D eigenvalue weighted by Gasteiger charge is 2.39. The van der Waals surface area contributed by atoms with Crippen LogP contribution in [0.4, 0.5) is 0 Å². The first kappa shape index (κ1) is 12.6. The SMILES string of the molecule is c1ccc(C2(c3nccc4ccccc34)CCCC2)cc1. The van der Waals surface area contributed by atoms with Crippen molar-refractivity contribution < 1.29 is 0 Å². The summed E-state index contributed by atoms with van der Waals surface area (Å²) in [6, 6.07) is 21.7. The molecule has 0 amide bonds. The molecule has 0 radical (unpaired) electrons. The van der Waals surface area contributed by atoms with Crippen molar-refractivity contribution in [1.29, 1.82) is 0 Å². The molecule has 21 heavy (non-hydrogen) atoms. The summed E-state index contributed by atoms with van der Waals surface area (Å²) in [5.41, 5.74) is 2.79. The van der Waals surface area contributed by atoms with E-state index < -0.39 is 0 Å². The summed E-state index contributed by atoms with van der Waals surface area (Å²) in [5, 5.41) is 2.61. The quantitative estimate of drug-likeness (QED) is 0.633. The van der Waals surface area contributed by atoms with Crippen LogP contribution in [0.15, 0.2) is 66.9 Å². The van der Waals surface area contributed by atoms with Gasteiger partial charge in [-0.25, -0.2) is 0 Å². The van der Waals surface area contributed by atoms with Gasteiger partial charge in [0, 0.05) is 17.0 Å². The van der Waals surface area contributed by atoms with Crippen molar-refractivity contribution in [2.75, 3.05) is 0 Å². The Morgan fingerprint density at radius 1 is 0.762 bits per heavy atom. The minimum absolute atomic E-state index is 0.0993. The summed E-state index contributed by atoms with van der Waals surface area (Å²) >= 11 is 0. The van der Waals surface area contributed by atoms with Gasteiger partial charge in [0.05, 0.1) is 5.69 Å². The van der Waals surface area contributed by atoms with E-state index in [1.54, 1.807) is 0 Å². The molecule has 1 heteroatoms. The molecule has 1 nitrogen and oxygen atoms in total. The molecular formula is C20H19N. The average Bonchev–Trinajstić information content (AvgIpc) is 3.06. The van der Waals surface area contributed by atoms with Crippen LogP contribution in [0.25, 0.3) is 10.8 Å². The van der Waals surface area contributed by atoms with Gasteiger partial charge in [-0.3, -0.25) is 4.98 Å². The van der Waals surface area contributed by atoms with Gasteiger partial charge in [-0.05, 0) is 29.9 Å². The number of hydrogen-bond donors (Lipinski definition) is 0. The van der Waals surface area contributed by atoms with Crippen molar-refractivity contribution in [3.8, 4) is 0 Å². The fraction of sp³-hybridized carbons (Fsp3) is 0.250. The first-order valence-corrected chi connectivity index (χ1v) is 7.80. The number of aromatic nitrogens is 1. The molecule has 0 atom stereocenters. The maximum Gasteiger partial charge on any atom is 0.0587 e. The summed E-state index contributed by atoms with van der Waals surface area (Å²) in [6.07, 6.45) is 6.97. The number of benzene rings is 2. The monoisotopic (exact) mass is 273 g/mol. The minimum Gasteiger partial charge on any atom is -0.260 e. The lowest BCUT2D eigenvalue weighted by atomic mass is 9.74. The molecule has 104 valence electrons. The lowest BCUT2D eigenvalue weighted by Crippen LogP contribution is -2.25. The summed E-state index contributed by atoms with van der Waals surface area (Å²) in [6.45, 7) is 0. The summed E-state index contributed by atoms with van der Waals surface area (Å²) in [7, 11) is 0. The third kappa shape index (κ3) is 1.96. The van der Waals surface area contributed by atoms with Crippen LogP contribution in [0, 0.1) is 0 Å². The topological polar surface area (TPSA) is 12.9 Å². The molecule has 1 saturated carbocycles. The van der Waals surface area contributed by atoms with Crippen molar-refractivity contribution in [2.45, 2.75) is 31.1 Å². The number of nitrogens with zero attached hydrogens (tertiary/aromatic N) is 1. The van der Waals surface area contributed by atoms with E-state index in [0.29, 0.717) is 0 Å². The molecule has 0 unspecified atom stereocenters. The molecule has 0 bridgehead atoms. The van der Waals surface area contributed by atoms with E-state index in [2.05, 4.69) is 60.7 Å². The Hall–Kier alpha value is -2.15. The Morgan fingerprint density at radius 2 is 1.48 bits per heavy atom. The molecule has 2 aromatic carbocycles. The molecule has 1 aromatic heterocycles. The highest BCUT2D eigenvalue weighted by Crippen LogP contribution is 2.47. The highest BCUT2D eigenvalue weighted by molar-refractivity contribution is 5.85. The highest BCUT2D eigenvalue weighted by atomic mass is 14.7. The van der Waals surface area contributed by atoms with Crippen molar-refractivity contribution in [3.05, 3.63) is 78.1 Å². The van der Waals surface area contributed by atoms with Gasteiger partial charge in [-0.1, -0.05) is 67.4 Å².